The molecule has 1 aromatic heterocycles. The van der Waals surface area contributed by atoms with Crippen molar-refractivity contribution in [2.45, 2.75) is 32.8 Å². The number of nitrogens with zero attached hydrogens (tertiary/aromatic N) is 2. The number of ether oxygens (including phenoxy) is 2. The maximum atomic E-state index is 11.9. The number of benzene rings is 1. The fourth-order valence-corrected chi connectivity index (χ4v) is 2.48. The molecule has 0 spiro atoms. The van der Waals surface area contributed by atoms with Gasteiger partial charge in [0.05, 0.1) is 19.4 Å². The van der Waals surface area contributed by atoms with E-state index in [-0.39, 0.29) is 12.0 Å². The highest BCUT2D eigenvalue weighted by Gasteiger charge is 2.06. The minimum absolute atomic E-state index is 0.0720. The number of nitrogens with one attached hydrogen (secondary N) is 1. The molecule has 0 aliphatic rings. The van der Waals surface area contributed by atoms with Crippen LogP contribution in [0.1, 0.15) is 31.4 Å². The molecule has 140 valence electrons. The molecule has 0 atom stereocenters. The van der Waals surface area contributed by atoms with E-state index in [4.69, 9.17) is 9.47 Å². The Kier molecular flexibility index (Phi) is 7.26. The van der Waals surface area contributed by atoms with Crippen LogP contribution in [0.25, 0.3) is 6.08 Å². The maximum absolute atomic E-state index is 11.9. The summed E-state index contributed by atoms with van der Waals surface area (Å²) in [5.74, 6) is 1.23. The first-order valence-electron chi connectivity index (χ1n) is 8.76. The molecule has 26 heavy (non-hydrogen) atoms. The van der Waals surface area contributed by atoms with Crippen LogP contribution in [0.15, 0.2) is 36.7 Å². The van der Waals surface area contributed by atoms with Gasteiger partial charge in [-0.2, -0.15) is 5.10 Å². The van der Waals surface area contributed by atoms with Gasteiger partial charge in [-0.15, -0.1) is 0 Å². The van der Waals surface area contributed by atoms with Crippen molar-refractivity contribution in [3.63, 3.8) is 0 Å². The molecule has 2 rings (SSSR count). The average molecular weight is 357 g/mol. The number of carbonyl (C=O) groups excluding carboxylic acids is 1. The standard InChI is InChI=1S/C20H27N3O3/c1-15(2)26-18-9-7-16(12-19(18)25-4)8-10-20(24)21-11-5-6-17-13-22-23(3)14-17/h7-10,12-15H,5-6,11H2,1-4H3,(H,21,24)/b10-8-. The van der Waals surface area contributed by atoms with Crippen LogP contribution in [0.2, 0.25) is 0 Å². The van der Waals surface area contributed by atoms with Gasteiger partial charge in [0, 0.05) is 25.9 Å². The monoisotopic (exact) mass is 357 g/mol. The first kappa shape index (κ1) is 19.6. The van der Waals surface area contributed by atoms with Crippen molar-refractivity contribution in [3.8, 4) is 11.5 Å². The molecule has 0 saturated heterocycles. The Morgan fingerprint density at radius 1 is 1.35 bits per heavy atom. The molecular formula is C20H27N3O3. The van der Waals surface area contributed by atoms with Crippen molar-refractivity contribution in [2.75, 3.05) is 13.7 Å². The van der Waals surface area contributed by atoms with Crippen molar-refractivity contribution in [2.24, 2.45) is 7.05 Å². The number of amides is 1. The molecule has 0 unspecified atom stereocenters. The third-order valence-electron chi connectivity index (χ3n) is 3.68. The lowest BCUT2D eigenvalue weighted by atomic mass is 10.2. The van der Waals surface area contributed by atoms with Gasteiger partial charge in [0.2, 0.25) is 5.91 Å². The van der Waals surface area contributed by atoms with Gasteiger partial charge in [-0.1, -0.05) is 6.07 Å². The summed E-state index contributed by atoms with van der Waals surface area (Å²) in [4.78, 5) is 11.9. The highest BCUT2D eigenvalue weighted by atomic mass is 16.5. The predicted octanol–water partition coefficient (Wildman–Crippen LogP) is 2.98. The van der Waals surface area contributed by atoms with Gasteiger partial charge in [0.25, 0.3) is 0 Å². The summed E-state index contributed by atoms with van der Waals surface area (Å²) in [7, 11) is 3.50. The van der Waals surface area contributed by atoms with Gasteiger partial charge >= 0.3 is 0 Å². The Bertz CT molecular complexity index is 751. The molecule has 2 aromatic rings. The third kappa shape index (κ3) is 6.27. The number of hydrogen-bond acceptors (Lipinski definition) is 4. The van der Waals surface area contributed by atoms with Crippen LogP contribution in [-0.2, 0) is 18.3 Å². The van der Waals surface area contributed by atoms with E-state index in [1.54, 1.807) is 17.9 Å². The topological polar surface area (TPSA) is 65.4 Å². The highest BCUT2D eigenvalue weighted by Crippen LogP contribution is 2.29. The summed E-state index contributed by atoms with van der Waals surface area (Å²) >= 11 is 0. The second-order valence-electron chi connectivity index (χ2n) is 6.33. The van der Waals surface area contributed by atoms with Crippen molar-refractivity contribution in [1.29, 1.82) is 0 Å². The first-order valence-corrected chi connectivity index (χ1v) is 8.76. The molecule has 1 aromatic carbocycles. The number of aromatic nitrogens is 2. The molecule has 6 heteroatoms. The zero-order chi connectivity index (χ0) is 18.9. The number of methoxy groups -OCH3 is 1. The molecule has 1 amide bonds. The third-order valence-corrected chi connectivity index (χ3v) is 3.68. The molecule has 0 aliphatic carbocycles. The lowest BCUT2D eigenvalue weighted by Gasteiger charge is -2.13. The second-order valence-corrected chi connectivity index (χ2v) is 6.33. The normalized spacial score (nSPS) is 11.1. The van der Waals surface area contributed by atoms with Crippen LogP contribution in [0.5, 0.6) is 11.5 Å². The fourth-order valence-electron chi connectivity index (χ4n) is 2.48. The lowest BCUT2D eigenvalue weighted by molar-refractivity contribution is -0.116. The summed E-state index contributed by atoms with van der Waals surface area (Å²) < 4.78 is 12.8. The summed E-state index contributed by atoms with van der Waals surface area (Å²) in [6.45, 7) is 4.56. The van der Waals surface area contributed by atoms with Gasteiger partial charge in [0.15, 0.2) is 11.5 Å². The Hall–Kier alpha value is -2.76. The summed E-state index contributed by atoms with van der Waals surface area (Å²) in [6.07, 6.45) is 8.97. The first-order chi connectivity index (χ1) is 12.5. The molecule has 6 nitrogen and oxygen atoms in total. The van der Waals surface area contributed by atoms with E-state index >= 15 is 0 Å². The number of rotatable bonds is 9. The molecule has 1 heterocycles. The molecular weight excluding hydrogens is 330 g/mol. The zero-order valence-corrected chi connectivity index (χ0v) is 15.9. The molecule has 0 fully saturated rings. The summed E-state index contributed by atoms with van der Waals surface area (Å²) in [6, 6.07) is 5.60. The maximum Gasteiger partial charge on any atom is 0.243 e. The van der Waals surface area contributed by atoms with E-state index in [9.17, 15) is 4.79 Å². The largest absolute Gasteiger partial charge is 0.493 e. The second kappa shape index (κ2) is 9.65. The van der Waals surface area contributed by atoms with Gasteiger partial charge in [-0.3, -0.25) is 9.48 Å². The van der Waals surface area contributed by atoms with Crippen LogP contribution < -0.4 is 14.8 Å². The van der Waals surface area contributed by atoms with Gasteiger partial charge in [-0.05, 0) is 56.0 Å². The Morgan fingerprint density at radius 3 is 2.81 bits per heavy atom. The Balaban J connectivity index is 1.81. The van der Waals surface area contributed by atoms with Gasteiger partial charge < -0.3 is 14.8 Å². The van der Waals surface area contributed by atoms with E-state index < -0.39 is 0 Å². The van der Waals surface area contributed by atoms with E-state index in [1.807, 2.05) is 51.5 Å². The van der Waals surface area contributed by atoms with Crippen molar-refractivity contribution >= 4 is 12.0 Å². The smallest absolute Gasteiger partial charge is 0.243 e. The van der Waals surface area contributed by atoms with E-state index in [0.29, 0.717) is 18.0 Å². The number of carbonyl (C=O) groups is 1. The van der Waals surface area contributed by atoms with Crippen LogP contribution >= 0.6 is 0 Å². The van der Waals surface area contributed by atoms with Crippen molar-refractivity contribution in [1.82, 2.24) is 15.1 Å². The van der Waals surface area contributed by atoms with Crippen molar-refractivity contribution < 1.29 is 14.3 Å². The fraction of sp³-hybridized carbons (Fsp3) is 0.400. The van der Waals surface area contributed by atoms with E-state index in [1.165, 1.54) is 11.6 Å². The van der Waals surface area contributed by atoms with E-state index in [0.717, 1.165) is 18.4 Å². The number of aryl methyl sites for hydroxylation is 2. The van der Waals surface area contributed by atoms with Gasteiger partial charge in [-0.25, -0.2) is 0 Å². The SMILES string of the molecule is COc1cc(/C=C\C(=O)NCCCc2cnn(C)c2)ccc1OC(C)C. The van der Waals surface area contributed by atoms with Crippen LogP contribution in [-0.4, -0.2) is 35.4 Å². The molecule has 0 bridgehead atoms. The molecule has 0 saturated carbocycles. The molecule has 1 N–H and O–H groups in total. The number of hydrogen-bond donors (Lipinski definition) is 1. The minimum Gasteiger partial charge on any atom is -0.493 e. The Labute approximate surface area is 154 Å². The average Bonchev–Trinajstić information content (AvgIpc) is 3.02. The summed E-state index contributed by atoms with van der Waals surface area (Å²) in [5, 5.41) is 7.02. The Morgan fingerprint density at radius 2 is 2.15 bits per heavy atom. The molecule has 0 aliphatic heterocycles. The quantitative estimate of drug-likeness (QED) is 0.553. The minimum atomic E-state index is -0.113. The van der Waals surface area contributed by atoms with Crippen LogP contribution in [0.4, 0.5) is 0 Å². The summed E-state index contributed by atoms with van der Waals surface area (Å²) in [5.41, 5.74) is 2.05. The van der Waals surface area contributed by atoms with Crippen LogP contribution in [0.3, 0.4) is 0 Å². The highest BCUT2D eigenvalue weighted by molar-refractivity contribution is 5.91. The van der Waals surface area contributed by atoms with E-state index in [2.05, 4.69) is 10.4 Å². The predicted molar refractivity (Wildman–Crippen MR) is 102 cm³/mol. The molecule has 0 radical (unpaired) electrons. The van der Waals surface area contributed by atoms with Gasteiger partial charge in [0.1, 0.15) is 0 Å². The van der Waals surface area contributed by atoms with Crippen LogP contribution in [0, 0.1) is 0 Å². The van der Waals surface area contributed by atoms with Crippen molar-refractivity contribution in [3.05, 3.63) is 47.8 Å². The lowest BCUT2D eigenvalue weighted by Crippen LogP contribution is -2.22. The zero-order valence-electron chi connectivity index (χ0n) is 15.9.